The van der Waals surface area contributed by atoms with E-state index in [9.17, 15) is 4.79 Å². The zero-order valence-corrected chi connectivity index (χ0v) is 15.0. The quantitative estimate of drug-likeness (QED) is 0.549. The van der Waals surface area contributed by atoms with Gasteiger partial charge in [0.2, 0.25) is 0 Å². The van der Waals surface area contributed by atoms with Crippen molar-refractivity contribution in [3.05, 3.63) is 41.7 Å². The Kier molecular flexibility index (Phi) is 4.18. The number of ketones is 1. The molecule has 3 aromatic rings. The van der Waals surface area contributed by atoms with Gasteiger partial charge in [-0.2, -0.15) is 5.10 Å². The number of carbonyl (C=O) groups is 1. The number of hydrogen-bond acceptors (Lipinski definition) is 6. The molecule has 0 radical (unpaired) electrons. The van der Waals surface area contributed by atoms with Gasteiger partial charge in [0.15, 0.2) is 5.78 Å². The van der Waals surface area contributed by atoms with E-state index in [2.05, 4.69) is 15.2 Å². The molecule has 0 fully saturated rings. The summed E-state index contributed by atoms with van der Waals surface area (Å²) in [6.45, 7) is 2.73. The van der Waals surface area contributed by atoms with Gasteiger partial charge in [-0.1, -0.05) is 0 Å². The SMILES string of the molecule is CN(C)CCNc1ccc2c3c(nn2CCN)-c2ccncc2C(=O)c13. The van der Waals surface area contributed by atoms with Crippen molar-refractivity contribution in [2.24, 2.45) is 5.73 Å². The Hall–Kier alpha value is -2.77. The molecule has 2 aromatic heterocycles. The molecule has 0 amide bonds. The monoisotopic (exact) mass is 350 g/mol. The van der Waals surface area contributed by atoms with Crippen LogP contribution in [0.3, 0.4) is 0 Å². The molecule has 0 atom stereocenters. The lowest BCUT2D eigenvalue weighted by Crippen LogP contribution is -2.22. The Balaban J connectivity index is 1.92. The van der Waals surface area contributed by atoms with Crippen LogP contribution in [0.1, 0.15) is 15.9 Å². The molecule has 134 valence electrons. The number of aromatic nitrogens is 3. The molecule has 0 spiro atoms. The standard InChI is InChI=1S/C19H22N6O/c1-24(2)10-8-22-14-3-4-15-17-16(14)19(26)13-11-21-7-5-12(13)18(17)23-25(15)9-6-20/h3-5,7,11,22H,6,8-10,20H2,1-2H3. The third-order valence-corrected chi connectivity index (χ3v) is 4.68. The van der Waals surface area contributed by atoms with Crippen LogP contribution < -0.4 is 11.1 Å². The summed E-state index contributed by atoms with van der Waals surface area (Å²) < 4.78 is 1.89. The lowest BCUT2D eigenvalue weighted by Gasteiger charge is -2.19. The van der Waals surface area contributed by atoms with Gasteiger partial charge in [-0.3, -0.25) is 14.5 Å². The number of nitrogens with one attached hydrogen (secondary N) is 1. The van der Waals surface area contributed by atoms with Gasteiger partial charge in [-0.15, -0.1) is 0 Å². The van der Waals surface area contributed by atoms with Crippen molar-refractivity contribution >= 4 is 22.4 Å². The molecule has 7 nitrogen and oxygen atoms in total. The van der Waals surface area contributed by atoms with Gasteiger partial charge in [0.05, 0.1) is 23.2 Å². The fourth-order valence-corrected chi connectivity index (χ4v) is 3.47. The van der Waals surface area contributed by atoms with Crippen LogP contribution in [0.2, 0.25) is 0 Å². The summed E-state index contributed by atoms with van der Waals surface area (Å²) in [5, 5.41) is 9.06. The first-order valence-electron chi connectivity index (χ1n) is 8.73. The number of hydrogen-bond donors (Lipinski definition) is 2. The Labute approximate surface area is 151 Å². The van der Waals surface area contributed by atoms with E-state index in [1.165, 1.54) is 0 Å². The molecule has 1 aliphatic rings. The fraction of sp³-hybridized carbons (Fsp3) is 0.316. The van der Waals surface area contributed by atoms with Gasteiger partial charge >= 0.3 is 0 Å². The predicted octanol–water partition coefficient (Wildman–Crippen LogP) is 1.57. The van der Waals surface area contributed by atoms with Crippen molar-refractivity contribution in [3.63, 3.8) is 0 Å². The number of anilines is 1. The molecule has 1 aromatic carbocycles. The summed E-state index contributed by atoms with van der Waals surface area (Å²) in [6.07, 6.45) is 3.33. The van der Waals surface area contributed by atoms with Crippen LogP contribution in [0.5, 0.6) is 0 Å². The highest BCUT2D eigenvalue weighted by atomic mass is 16.1. The highest BCUT2D eigenvalue weighted by Crippen LogP contribution is 2.41. The maximum atomic E-state index is 13.2. The average molecular weight is 350 g/mol. The van der Waals surface area contributed by atoms with Gasteiger partial charge in [-0.05, 0) is 32.3 Å². The second kappa shape index (κ2) is 6.51. The number of nitrogens with two attached hydrogens (primary N) is 1. The van der Waals surface area contributed by atoms with E-state index in [0.717, 1.165) is 40.9 Å². The highest BCUT2D eigenvalue weighted by Gasteiger charge is 2.31. The van der Waals surface area contributed by atoms with Crippen molar-refractivity contribution in [1.82, 2.24) is 19.7 Å². The third kappa shape index (κ3) is 2.56. The summed E-state index contributed by atoms with van der Waals surface area (Å²) in [4.78, 5) is 19.5. The zero-order chi connectivity index (χ0) is 18.3. The minimum Gasteiger partial charge on any atom is -0.383 e. The van der Waals surface area contributed by atoms with E-state index < -0.39 is 0 Å². The Morgan fingerprint density at radius 2 is 2.08 bits per heavy atom. The zero-order valence-electron chi connectivity index (χ0n) is 15.0. The Morgan fingerprint density at radius 3 is 2.85 bits per heavy atom. The predicted molar refractivity (Wildman–Crippen MR) is 102 cm³/mol. The third-order valence-electron chi connectivity index (χ3n) is 4.68. The molecule has 4 rings (SSSR count). The van der Waals surface area contributed by atoms with Crippen LogP contribution >= 0.6 is 0 Å². The fourth-order valence-electron chi connectivity index (χ4n) is 3.47. The topological polar surface area (TPSA) is 89.1 Å². The molecule has 0 aliphatic heterocycles. The van der Waals surface area contributed by atoms with E-state index in [1.807, 2.05) is 37.0 Å². The Morgan fingerprint density at radius 1 is 1.23 bits per heavy atom. The van der Waals surface area contributed by atoms with Crippen molar-refractivity contribution in [2.45, 2.75) is 6.54 Å². The molecule has 3 N–H and O–H groups in total. The van der Waals surface area contributed by atoms with E-state index in [4.69, 9.17) is 10.8 Å². The minimum absolute atomic E-state index is 0.00847. The second-order valence-corrected chi connectivity index (χ2v) is 6.72. The number of likely N-dealkylation sites (N-methyl/N-ethyl adjacent to an activating group) is 1. The van der Waals surface area contributed by atoms with Crippen molar-refractivity contribution in [1.29, 1.82) is 0 Å². The normalized spacial score (nSPS) is 12.7. The van der Waals surface area contributed by atoms with Crippen LogP contribution in [0.15, 0.2) is 30.6 Å². The molecular formula is C19H22N6O. The number of fused-ring (bicyclic) bond motifs is 2. The van der Waals surface area contributed by atoms with Crippen LogP contribution in [-0.4, -0.2) is 59.2 Å². The smallest absolute Gasteiger partial charge is 0.198 e. The largest absolute Gasteiger partial charge is 0.383 e. The van der Waals surface area contributed by atoms with Crippen LogP contribution in [-0.2, 0) is 6.54 Å². The van der Waals surface area contributed by atoms with Crippen molar-refractivity contribution in [2.75, 3.05) is 39.0 Å². The number of nitrogens with zero attached hydrogens (tertiary/aromatic N) is 4. The van der Waals surface area contributed by atoms with Gasteiger partial charge in [0, 0.05) is 48.7 Å². The van der Waals surface area contributed by atoms with Gasteiger partial charge in [0.25, 0.3) is 0 Å². The molecule has 26 heavy (non-hydrogen) atoms. The maximum Gasteiger partial charge on any atom is 0.198 e. The summed E-state index contributed by atoms with van der Waals surface area (Å²) in [5.74, 6) is -0.00847. The van der Waals surface area contributed by atoms with Crippen LogP contribution in [0, 0.1) is 0 Å². The van der Waals surface area contributed by atoms with Gasteiger partial charge < -0.3 is 16.0 Å². The highest BCUT2D eigenvalue weighted by molar-refractivity contribution is 6.27. The van der Waals surface area contributed by atoms with Crippen molar-refractivity contribution < 1.29 is 4.79 Å². The molecule has 0 unspecified atom stereocenters. The first kappa shape index (κ1) is 16.7. The number of carbonyl (C=O) groups excluding carboxylic acids is 1. The van der Waals surface area contributed by atoms with E-state index in [0.29, 0.717) is 24.2 Å². The van der Waals surface area contributed by atoms with E-state index in [-0.39, 0.29) is 5.78 Å². The van der Waals surface area contributed by atoms with Gasteiger partial charge in [0.1, 0.15) is 5.69 Å². The van der Waals surface area contributed by atoms with Gasteiger partial charge in [-0.25, -0.2) is 0 Å². The lowest BCUT2D eigenvalue weighted by atomic mass is 9.87. The number of benzene rings is 1. The first-order valence-corrected chi connectivity index (χ1v) is 8.73. The number of rotatable bonds is 6. The summed E-state index contributed by atoms with van der Waals surface area (Å²) >= 11 is 0. The average Bonchev–Trinajstić information content (AvgIpc) is 2.99. The molecule has 2 heterocycles. The lowest BCUT2D eigenvalue weighted by molar-refractivity contribution is 0.104. The Bertz CT molecular complexity index is 991. The van der Waals surface area contributed by atoms with E-state index >= 15 is 0 Å². The summed E-state index contributed by atoms with van der Waals surface area (Å²) in [6, 6.07) is 5.84. The summed E-state index contributed by atoms with van der Waals surface area (Å²) in [5.41, 5.74) is 10.5. The number of pyridine rings is 1. The van der Waals surface area contributed by atoms with Crippen LogP contribution in [0.25, 0.3) is 22.2 Å². The molecule has 0 saturated carbocycles. The maximum absolute atomic E-state index is 13.2. The molecular weight excluding hydrogens is 328 g/mol. The second-order valence-electron chi connectivity index (χ2n) is 6.72. The summed E-state index contributed by atoms with van der Waals surface area (Å²) in [7, 11) is 4.05. The van der Waals surface area contributed by atoms with Crippen LogP contribution in [0.4, 0.5) is 5.69 Å². The first-order chi connectivity index (χ1) is 12.6. The molecule has 0 saturated heterocycles. The molecule has 1 aliphatic carbocycles. The molecule has 0 bridgehead atoms. The minimum atomic E-state index is -0.00847. The molecule has 7 heteroatoms. The van der Waals surface area contributed by atoms with Crippen molar-refractivity contribution in [3.8, 4) is 11.3 Å². The van der Waals surface area contributed by atoms with E-state index in [1.54, 1.807) is 12.4 Å².